The molecule has 0 N–H and O–H groups in total. The van der Waals surface area contributed by atoms with Crippen molar-refractivity contribution in [3.63, 3.8) is 0 Å². The minimum atomic E-state index is -0.709. The maximum atomic E-state index is 12.7. The van der Waals surface area contributed by atoms with Gasteiger partial charge in [-0.15, -0.1) is 0 Å². The van der Waals surface area contributed by atoms with Crippen LogP contribution in [0, 0.1) is 0 Å². The Kier molecular flexibility index (Phi) is 10.7. The fourth-order valence-corrected chi connectivity index (χ4v) is 4.38. The van der Waals surface area contributed by atoms with Crippen LogP contribution in [-0.4, -0.2) is 34.5 Å². The van der Waals surface area contributed by atoms with E-state index in [-0.39, 0.29) is 12.5 Å². The van der Waals surface area contributed by atoms with Gasteiger partial charge in [-0.1, -0.05) is 65.8 Å². The van der Waals surface area contributed by atoms with Gasteiger partial charge < -0.3 is 13.9 Å². The van der Waals surface area contributed by atoms with E-state index in [0.29, 0.717) is 24.6 Å². The maximum absolute atomic E-state index is 12.7. The van der Waals surface area contributed by atoms with E-state index in [1.54, 1.807) is 6.26 Å². The van der Waals surface area contributed by atoms with Crippen molar-refractivity contribution in [2.75, 3.05) is 6.54 Å². The van der Waals surface area contributed by atoms with Gasteiger partial charge in [-0.3, -0.25) is 4.79 Å². The summed E-state index contributed by atoms with van der Waals surface area (Å²) in [6, 6.07) is 17.8. The quantitative estimate of drug-likeness (QED) is 0.189. The number of hydrogen-bond donors (Lipinski definition) is 0. The largest absolute Gasteiger partial charge is 0.487 e. The van der Waals surface area contributed by atoms with Crippen molar-refractivity contribution in [3.05, 3.63) is 107 Å². The molecule has 7 nitrogen and oxygen atoms in total. The average Bonchev–Trinajstić information content (AvgIpc) is 3.53. The summed E-state index contributed by atoms with van der Waals surface area (Å²) in [6.45, 7) is 6.73. The molecule has 4 rings (SSSR count). The number of amides is 2. The second-order valence-electron chi connectivity index (χ2n) is 10.4. The van der Waals surface area contributed by atoms with Crippen LogP contribution in [0.15, 0.2) is 88.6 Å². The molecule has 2 heterocycles. The van der Waals surface area contributed by atoms with Crippen LogP contribution in [0.2, 0.25) is 0 Å². The molecule has 7 heteroatoms. The first-order chi connectivity index (χ1) is 19.9. The molecule has 1 fully saturated rings. The van der Waals surface area contributed by atoms with Crippen LogP contribution in [0.1, 0.15) is 69.2 Å². The van der Waals surface area contributed by atoms with Crippen molar-refractivity contribution in [2.45, 2.75) is 65.6 Å². The van der Waals surface area contributed by atoms with E-state index in [0.717, 1.165) is 48.1 Å². The lowest BCUT2D eigenvalue weighted by atomic mass is 10.1. The third kappa shape index (κ3) is 9.34. The second-order valence-corrected chi connectivity index (χ2v) is 10.4. The molecule has 0 saturated carbocycles. The summed E-state index contributed by atoms with van der Waals surface area (Å²) in [7, 11) is 0. The number of oxazole rings is 1. The standard InChI is InChI=1S/C34H38N2O5/c1-25(2)9-7-10-26(3)21-22-36-33(37)31(41-34(36)38)14-8-13-28-15-18-30(19-16-28)39-23-29-24-40-32(35-29)20-17-27-11-5-4-6-12-27/h4-6,9,11-12,15-21,24,31H,7-8,10,13-14,22-23H2,1-3H3/b20-17+,26-21+. The number of aryl methyl sites for hydroxylation is 1. The highest BCUT2D eigenvalue weighted by atomic mass is 16.6. The number of nitrogens with zero attached hydrogens (tertiary/aromatic N) is 2. The lowest BCUT2D eigenvalue weighted by molar-refractivity contribution is -0.129. The topological polar surface area (TPSA) is 81.9 Å². The molecule has 0 radical (unpaired) electrons. The maximum Gasteiger partial charge on any atom is 0.417 e. The first kappa shape index (κ1) is 29.6. The number of hydrogen-bond acceptors (Lipinski definition) is 6. The first-order valence-corrected chi connectivity index (χ1v) is 14.1. The Bertz CT molecular complexity index is 1380. The number of benzene rings is 2. The van der Waals surface area contributed by atoms with Crippen LogP contribution in [0.3, 0.4) is 0 Å². The SMILES string of the molecule is CC(C)=CCC/C(C)=C/CN1C(=O)OC(CCCc2ccc(OCc3coc(/C=C/c4ccccc4)n3)cc2)C1=O. The second kappa shape index (κ2) is 14.8. The lowest BCUT2D eigenvalue weighted by Crippen LogP contribution is -2.31. The van der Waals surface area contributed by atoms with Gasteiger partial charge in [0, 0.05) is 6.08 Å². The fraction of sp³-hybridized carbons (Fsp3) is 0.324. The minimum Gasteiger partial charge on any atom is -0.487 e. The van der Waals surface area contributed by atoms with Gasteiger partial charge >= 0.3 is 6.09 Å². The monoisotopic (exact) mass is 554 g/mol. The molecule has 1 aliphatic rings. The number of imide groups is 1. The summed E-state index contributed by atoms with van der Waals surface area (Å²) in [4.78, 5) is 30.6. The van der Waals surface area contributed by atoms with E-state index in [2.05, 4.69) is 24.9 Å². The van der Waals surface area contributed by atoms with Crippen LogP contribution >= 0.6 is 0 Å². The fourth-order valence-electron chi connectivity index (χ4n) is 4.38. The Morgan fingerprint density at radius 3 is 2.54 bits per heavy atom. The normalized spacial score (nSPS) is 15.4. The molecule has 1 atom stereocenters. The number of ether oxygens (including phenoxy) is 2. The van der Waals surface area contributed by atoms with E-state index < -0.39 is 12.2 Å². The molecule has 0 spiro atoms. The average molecular weight is 555 g/mol. The smallest absolute Gasteiger partial charge is 0.417 e. The van der Waals surface area contributed by atoms with Crippen molar-refractivity contribution >= 4 is 24.2 Å². The lowest BCUT2D eigenvalue weighted by Gasteiger charge is -2.10. The third-order valence-corrected chi connectivity index (χ3v) is 6.75. The summed E-state index contributed by atoms with van der Waals surface area (Å²) in [6.07, 6.45) is 12.1. The molecule has 2 amide bonds. The van der Waals surface area contributed by atoms with Gasteiger partial charge in [-0.25, -0.2) is 14.7 Å². The Labute approximate surface area is 242 Å². The molecule has 1 saturated heterocycles. The van der Waals surface area contributed by atoms with E-state index in [1.807, 2.05) is 79.7 Å². The summed E-state index contributed by atoms with van der Waals surface area (Å²) in [5.41, 5.74) is 5.34. The molecule has 3 aromatic rings. The van der Waals surface area contributed by atoms with Crippen molar-refractivity contribution < 1.29 is 23.5 Å². The zero-order chi connectivity index (χ0) is 29.0. The van der Waals surface area contributed by atoms with Gasteiger partial charge in [-0.2, -0.15) is 0 Å². The molecular weight excluding hydrogens is 516 g/mol. The molecule has 0 bridgehead atoms. The Hall–Kier alpha value is -4.39. The predicted octanol–water partition coefficient (Wildman–Crippen LogP) is 7.79. The number of allylic oxidation sites excluding steroid dienone is 3. The molecule has 41 heavy (non-hydrogen) atoms. The Morgan fingerprint density at radius 1 is 1.00 bits per heavy atom. The van der Waals surface area contributed by atoms with Crippen LogP contribution in [0.4, 0.5) is 4.79 Å². The van der Waals surface area contributed by atoms with Crippen molar-refractivity contribution in [1.82, 2.24) is 9.88 Å². The van der Waals surface area contributed by atoms with Crippen LogP contribution in [-0.2, 0) is 22.6 Å². The van der Waals surface area contributed by atoms with Gasteiger partial charge in [0.2, 0.25) is 5.89 Å². The van der Waals surface area contributed by atoms with E-state index >= 15 is 0 Å². The number of aromatic nitrogens is 1. The molecule has 0 aliphatic carbocycles. The molecular formula is C34H38N2O5. The predicted molar refractivity (Wildman–Crippen MR) is 160 cm³/mol. The summed E-state index contributed by atoms with van der Waals surface area (Å²) >= 11 is 0. The first-order valence-electron chi connectivity index (χ1n) is 14.1. The number of carbonyl (C=O) groups excluding carboxylic acids is 2. The van der Waals surface area contributed by atoms with Crippen molar-refractivity contribution in [2.24, 2.45) is 0 Å². The highest BCUT2D eigenvalue weighted by Crippen LogP contribution is 2.21. The van der Waals surface area contributed by atoms with Crippen LogP contribution < -0.4 is 4.74 Å². The number of cyclic esters (lactones) is 1. The van der Waals surface area contributed by atoms with Crippen LogP contribution in [0.5, 0.6) is 5.75 Å². The minimum absolute atomic E-state index is 0.251. The number of rotatable bonds is 14. The van der Waals surface area contributed by atoms with Gasteiger partial charge in [0.05, 0.1) is 6.54 Å². The van der Waals surface area contributed by atoms with Crippen molar-refractivity contribution in [3.8, 4) is 5.75 Å². The summed E-state index contributed by atoms with van der Waals surface area (Å²) in [5.74, 6) is 1.01. The molecule has 1 aliphatic heterocycles. The van der Waals surface area contributed by atoms with Crippen LogP contribution in [0.25, 0.3) is 12.2 Å². The van der Waals surface area contributed by atoms with Gasteiger partial charge in [-0.05, 0) is 82.2 Å². The van der Waals surface area contributed by atoms with E-state index in [4.69, 9.17) is 13.9 Å². The molecule has 1 aromatic heterocycles. The Morgan fingerprint density at radius 2 is 1.78 bits per heavy atom. The molecule has 1 unspecified atom stereocenters. The van der Waals surface area contributed by atoms with E-state index in [1.165, 1.54) is 10.5 Å². The summed E-state index contributed by atoms with van der Waals surface area (Å²) < 4.78 is 16.7. The van der Waals surface area contributed by atoms with E-state index in [9.17, 15) is 9.59 Å². The zero-order valence-electron chi connectivity index (χ0n) is 24.0. The molecule has 2 aromatic carbocycles. The summed E-state index contributed by atoms with van der Waals surface area (Å²) in [5, 5.41) is 0. The Balaban J connectivity index is 1.17. The highest BCUT2D eigenvalue weighted by Gasteiger charge is 2.39. The van der Waals surface area contributed by atoms with Gasteiger partial charge in [0.1, 0.15) is 24.3 Å². The van der Waals surface area contributed by atoms with Gasteiger partial charge in [0.25, 0.3) is 5.91 Å². The van der Waals surface area contributed by atoms with Gasteiger partial charge in [0.15, 0.2) is 6.10 Å². The van der Waals surface area contributed by atoms with Crippen molar-refractivity contribution in [1.29, 1.82) is 0 Å². The zero-order valence-corrected chi connectivity index (χ0v) is 24.0. The highest BCUT2D eigenvalue weighted by molar-refractivity contribution is 6.00. The number of carbonyl (C=O) groups is 2. The molecule has 214 valence electrons. The third-order valence-electron chi connectivity index (χ3n) is 6.75.